The second-order valence-corrected chi connectivity index (χ2v) is 6.95. The van der Waals surface area contributed by atoms with E-state index in [1.54, 1.807) is 0 Å². The second kappa shape index (κ2) is 6.03. The van der Waals surface area contributed by atoms with Gasteiger partial charge < -0.3 is 4.90 Å². The predicted molar refractivity (Wildman–Crippen MR) is 86.8 cm³/mol. The van der Waals surface area contributed by atoms with Crippen LogP contribution in [-0.4, -0.2) is 57.7 Å². The Balaban J connectivity index is 1.59. The minimum atomic E-state index is 0.283. The summed E-state index contributed by atoms with van der Waals surface area (Å²) >= 11 is 0. The summed E-state index contributed by atoms with van der Waals surface area (Å²) in [7, 11) is 2.22. The van der Waals surface area contributed by atoms with Gasteiger partial charge in [0.15, 0.2) is 0 Å². The molecule has 1 aromatic heterocycles. The van der Waals surface area contributed by atoms with E-state index in [0.717, 1.165) is 25.2 Å². The van der Waals surface area contributed by atoms with Crippen LogP contribution < -0.4 is 0 Å². The lowest BCUT2D eigenvalue weighted by molar-refractivity contribution is -0.131. The van der Waals surface area contributed by atoms with Gasteiger partial charge in [-0.3, -0.25) is 14.4 Å². The summed E-state index contributed by atoms with van der Waals surface area (Å²) in [4.78, 5) is 17.1. The predicted octanol–water partition coefficient (Wildman–Crippen LogP) is 1.89. The van der Waals surface area contributed by atoms with Gasteiger partial charge in [0.25, 0.3) is 0 Å². The van der Waals surface area contributed by atoms with Gasteiger partial charge in [-0.15, -0.1) is 0 Å². The third kappa shape index (κ3) is 2.78. The summed E-state index contributed by atoms with van der Waals surface area (Å²) in [6.07, 6.45) is 4.22. The van der Waals surface area contributed by atoms with Crippen LogP contribution in [0, 0.1) is 20.8 Å². The van der Waals surface area contributed by atoms with Crippen molar-refractivity contribution in [3.8, 4) is 0 Å². The van der Waals surface area contributed by atoms with Gasteiger partial charge in [-0.1, -0.05) is 0 Å². The lowest BCUT2D eigenvalue weighted by Crippen LogP contribution is -2.40. The molecule has 1 amide bonds. The van der Waals surface area contributed by atoms with Crippen molar-refractivity contribution in [2.75, 3.05) is 20.1 Å². The number of amides is 1. The molecular weight excluding hydrogens is 276 g/mol. The smallest absolute Gasteiger partial charge is 0.224 e. The van der Waals surface area contributed by atoms with Crippen LogP contribution in [-0.2, 0) is 11.3 Å². The molecule has 1 aromatic rings. The summed E-state index contributed by atoms with van der Waals surface area (Å²) in [6.45, 7) is 8.72. The normalized spacial score (nSPS) is 25.5. The highest BCUT2D eigenvalue weighted by Crippen LogP contribution is 2.28. The molecular formula is C17H28N4O. The molecule has 2 saturated heterocycles. The monoisotopic (exact) mass is 304 g/mol. The lowest BCUT2D eigenvalue weighted by atomic mass is 10.1. The average Bonchev–Trinajstić information content (AvgIpc) is 2.87. The van der Waals surface area contributed by atoms with Gasteiger partial charge in [-0.2, -0.15) is 5.10 Å². The molecule has 3 heterocycles. The molecule has 0 spiro atoms. The molecule has 22 heavy (non-hydrogen) atoms. The number of aromatic nitrogens is 2. The first-order valence-electron chi connectivity index (χ1n) is 8.47. The van der Waals surface area contributed by atoms with Crippen LogP contribution in [0.4, 0.5) is 0 Å². The van der Waals surface area contributed by atoms with Crippen molar-refractivity contribution in [3.05, 3.63) is 17.0 Å². The molecule has 0 saturated carbocycles. The van der Waals surface area contributed by atoms with Crippen LogP contribution in [0.2, 0.25) is 0 Å². The summed E-state index contributed by atoms with van der Waals surface area (Å²) in [5.41, 5.74) is 3.49. The topological polar surface area (TPSA) is 41.4 Å². The van der Waals surface area contributed by atoms with Crippen molar-refractivity contribution in [1.82, 2.24) is 19.6 Å². The van der Waals surface area contributed by atoms with Crippen molar-refractivity contribution in [2.45, 2.75) is 65.1 Å². The maximum absolute atomic E-state index is 12.6. The van der Waals surface area contributed by atoms with E-state index in [9.17, 15) is 4.79 Å². The summed E-state index contributed by atoms with van der Waals surface area (Å²) in [5.74, 6) is 0.283. The summed E-state index contributed by atoms with van der Waals surface area (Å²) < 4.78 is 1.98. The first-order chi connectivity index (χ1) is 10.5. The zero-order valence-electron chi connectivity index (χ0n) is 14.3. The van der Waals surface area contributed by atoms with Crippen molar-refractivity contribution in [3.63, 3.8) is 0 Å². The van der Waals surface area contributed by atoms with Gasteiger partial charge >= 0.3 is 0 Å². The maximum Gasteiger partial charge on any atom is 0.224 e. The number of fused-ring (bicyclic) bond motifs is 2. The zero-order valence-corrected chi connectivity index (χ0v) is 14.3. The van der Waals surface area contributed by atoms with E-state index in [1.807, 2.05) is 11.6 Å². The SMILES string of the molecule is Cc1nn(CCC(=O)N2CC[C@@H]3CC[C@H](C2)N3C)c(C)c1C. The standard InChI is InChI=1S/C17H28N4O/c1-12-13(2)18-21(14(12)3)10-8-17(22)20-9-7-15-5-6-16(11-20)19(15)4/h15-16H,5-11H2,1-4H3/t15-,16+/m0/s1. The number of carbonyl (C=O) groups excluding carboxylic acids is 1. The minimum Gasteiger partial charge on any atom is -0.341 e. The number of carbonyl (C=O) groups is 1. The van der Waals surface area contributed by atoms with E-state index in [0.29, 0.717) is 25.0 Å². The van der Waals surface area contributed by atoms with E-state index >= 15 is 0 Å². The fraction of sp³-hybridized carbons (Fsp3) is 0.765. The molecule has 0 aromatic carbocycles. The molecule has 0 unspecified atom stereocenters. The quantitative estimate of drug-likeness (QED) is 0.856. The molecule has 2 aliphatic heterocycles. The van der Waals surface area contributed by atoms with Gasteiger partial charge in [-0.25, -0.2) is 0 Å². The first kappa shape index (κ1) is 15.5. The molecule has 0 N–H and O–H groups in total. The molecule has 0 aliphatic carbocycles. The molecule has 2 aliphatic rings. The van der Waals surface area contributed by atoms with Crippen molar-refractivity contribution >= 4 is 5.91 Å². The van der Waals surface area contributed by atoms with E-state index < -0.39 is 0 Å². The molecule has 0 radical (unpaired) electrons. The fourth-order valence-corrected chi connectivity index (χ4v) is 3.90. The Labute approximate surface area is 133 Å². The van der Waals surface area contributed by atoms with E-state index in [2.05, 4.69) is 35.8 Å². The van der Waals surface area contributed by atoms with Crippen LogP contribution >= 0.6 is 0 Å². The van der Waals surface area contributed by atoms with Gasteiger partial charge in [0, 0.05) is 43.8 Å². The van der Waals surface area contributed by atoms with Crippen LogP contribution in [0.3, 0.4) is 0 Å². The number of hydrogen-bond donors (Lipinski definition) is 0. The van der Waals surface area contributed by atoms with Gasteiger partial charge in [0.05, 0.1) is 5.69 Å². The summed E-state index contributed by atoms with van der Waals surface area (Å²) in [5, 5.41) is 4.53. The Hall–Kier alpha value is -1.36. The highest BCUT2D eigenvalue weighted by molar-refractivity contribution is 5.76. The van der Waals surface area contributed by atoms with Crippen LogP contribution in [0.25, 0.3) is 0 Å². The largest absolute Gasteiger partial charge is 0.341 e. The third-order valence-corrected chi connectivity index (χ3v) is 5.78. The molecule has 5 nitrogen and oxygen atoms in total. The second-order valence-electron chi connectivity index (χ2n) is 6.95. The fourth-order valence-electron chi connectivity index (χ4n) is 3.90. The van der Waals surface area contributed by atoms with Gasteiger partial charge in [-0.05, 0) is 52.6 Å². The minimum absolute atomic E-state index is 0.283. The van der Waals surface area contributed by atoms with Crippen molar-refractivity contribution in [1.29, 1.82) is 0 Å². The number of nitrogens with zero attached hydrogens (tertiary/aromatic N) is 4. The highest BCUT2D eigenvalue weighted by atomic mass is 16.2. The molecule has 3 rings (SSSR count). The van der Waals surface area contributed by atoms with E-state index in [4.69, 9.17) is 0 Å². The number of hydrogen-bond acceptors (Lipinski definition) is 3. The van der Waals surface area contributed by atoms with Crippen molar-refractivity contribution in [2.24, 2.45) is 0 Å². The molecule has 2 fully saturated rings. The molecule has 122 valence electrons. The van der Waals surface area contributed by atoms with Crippen LogP contribution in [0.1, 0.15) is 42.6 Å². The van der Waals surface area contributed by atoms with Crippen LogP contribution in [0.5, 0.6) is 0 Å². The summed E-state index contributed by atoms with van der Waals surface area (Å²) in [6, 6.07) is 1.24. The molecule has 2 atom stereocenters. The Bertz CT molecular complexity index is 565. The number of aryl methyl sites for hydroxylation is 2. The number of rotatable bonds is 3. The first-order valence-corrected chi connectivity index (χ1v) is 8.47. The Morgan fingerprint density at radius 2 is 1.91 bits per heavy atom. The van der Waals surface area contributed by atoms with Gasteiger partial charge in [0.2, 0.25) is 5.91 Å². The Kier molecular flexibility index (Phi) is 4.26. The molecule has 2 bridgehead atoms. The molecule has 5 heteroatoms. The number of likely N-dealkylation sites (tertiary alicyclic amines) is 1. The number of likely N-dealkylation sites (N-methyl/N-ethyl adjacent to an activating group) is 1. The average molecular weight is 304 g/mol. The Morgan fingerprint density at radius 3 is 2.59 bits per heavy atom. The zero-order chi connectivity index (χ0) is 15.9. The van der Waals surface area contributed by atoms with Crippen molar-refractivity contribution < 1.29 is 4.79 Å². The maximum atomic E-state index is 12.6. The van der Waals surface area contributed by atoms with E-state index in [1.165, 1.54) is 24.1 Å². The lowest BCUT2D eigenvalue weighted by Gasteiger charge is -2.26. The van der Waals surface area contributed by atoms with Gasteiger partial charge in [0.1, 0.15) is 0 Å². The third-order valence-electron chi connectivity index (χ3n) is 5.78. The van der Waals surface area contributed by atoms with E-state index in [-0.39, 0.29) is 5.91 Å². The van der Waals surface area contributed by atoms with Crippen LogP contribution in [0.15, 0.2) is 0 Å². The highest BCUT2D eigenvalue weighted by Gasteiger charge is 2.35. The Morgan fingerprint density at radius 1 is 1.18 bits per heavy atom.